The number of fused-ring (bicyclic) bond motifs is 3. The largest absolute Gasteiger partial charge is 0.360 e. The number of pyridine rings is 2. The summed E-state index contributed by atoms with van der Waals surface area (Å²) in [4.78, 5) is 20.1. The minimum Gasteiger partial charge on any atom is -0.360 e. The maximum Gasteiger partial charge on any atom is 0.162 e. The molecule has 8 rings (SSSR count). The van der Waals surface area contributed by atoms with Crippen molar-refractivity contribution in [1.82, 2.24) is 25.3 Å². The van der Waals surface area contributed by atoms with E-state index in [1.165, 1.54) is 0 Å². The molecule has 0 spiro atoms. The molecule has 1 aliphatic carbocycles. The molecule has 2 aliphatic rings. The quantitative estimate of drug-likeness (QED) is 0.234. The first kappa shape index (κ1) is 24.8. The normalized spacial score (nSPS) is 15.8. The summed E-state index contributed by atoms with van der Waals surface area (Å²) in [5.74, 6) is 0.565. The molecule has 43 heavy (non-hydrogen) atoms. The van der Waals surface area contributed by atoms with E-state index in [1.54, 1.807) is 6.08 Å². The summed E-state index contributed by atoms with van der Waals surface area (Å²) >= 11 is 0. The van der Waals surface area contributed by atoms with Gasteiger partial charge in [-0.25, -0.2) is 19.9 Å². The van der Waals surface area contributed by atoms with E-state index in [2.05, 4.69) is 41.7 Å². The average Bonchev–Trinajstić information content (AvgIpc) is 3.07. The van der Waals surface area contributed by atoms with Crippen molar-refractivity contribution in [3.8, 4) is 22.8 Å². The lowest BCUT2D eigenvalue weighted by Crippen LogP contribution is -2.18. The highest BCUT2D eigenvalue weighted by Crippen LogP contribution is 2.35. The highest BCUT2D eigenvalue weighted by atomic mass is 14.9. The zero-order valence-electron chi connectivity index (χ0n) is 23.0. The maximum atomic E-state index is 8.50. The van der Waals surface area contributed by atoms with Crippen molar-refractivity contribution in [2.24, 2.45) is 0 Å². The van der Waals surface area contributed by atoms with E-state index in [1.807, 2.05) is 91.2 Å². The predicted molar refractivity (Wildman–Crippen MR) is 173 cm³/mol. The van der Waals surface area contributed by atoms with Crippen molar-refractivity contribution in [3.63, 3.8) is 0 Å². The Balaban J connectivity index is 1.33. The molecule has 0 unspecified atom stereocenters. The zero-order valence-corrected chi connectivity index (χ0v) is 23.0. The molecule has 0 fully saturated rings. The molecule has 6 heteroatoms. The van der Waals surface area contributed by atoms with E-state index < -0.39 is 0 Å². The second kappa shape index (κ2) is 10.1. The molecule has 0 bridgehead atoms. The number of nitrogens with zero attached hydrogens (tertiary/aromatic N) is 4. The fourth-order valence-corrected chi connectivity index (χ4v) is 5.59. The van der Waals surface area contributed by atoms with Gasteiger partial charge in [-0.05, 0) is 42.0 Å². The van der Waals surface area contributed by atoms with Crippen LogP contribution in [0.15, 0.2) is 139 Å². The van der Waals surface area contributed by atoms with Crippen LogP contribution in [0.5, 0.6) is 0 Å². The molecule has 6 aromatic rings. The minimum atomic E-state index is 0.460. The summed E-state index contributed by atoms with van der Waals surface area (Å²) in [6.07, 6.45) is 9.54. The van der Waals surface area contributed by atoms with E-state index in [9.17, 15) is 0 Å². The van der Waals surface area contributed by atoms with Crippen molar-refractivity contribution < 1.29 is 0 Å². The number of allylic oxidation sites excluding steroid dienone is 5. The average molecular weight is 553 g/mol. The Bertz CT molecular complexity index is 2140. The monoisotopic (exact) mass is 552 g/mol. The molecule has 0 atom stereocenters. The summed E-state index contributed by atoms with van der Waals surface area (Å²) in [5, 5.41) is 14.1. The van der Waals surface area contributed by atoms with E-state index in [0.29, 0.717) is 22.9 Å². The van der Waals surface area contributed by atoms with Gasteiger partial charge in [0.15, 0.2) is 5.82 Å². The molecule has 1 aliphatic heterocycles. The highest BCUT2D eigenvalue weighted by molar-refractivity contribution is 6.15. The van der Waals surface area contributed by atoms with E-state index >= 15 is 0 Å². The van der Waals surface area contributed by atoms with E-state index in [-0.39, 0.29) is 0 Å². The standard InChI is InChI=1S/C37H24N6/c38-29-14-6-5-13-27(29)36-26-12-4-3-11-25(26)28(22-39-36)37-42-34(32-19-17-23-9-1-7-15-30(23)40-32)21-35(43-37)33-20-18-24-10-2-8-16-31(24)41-33/h1-22,38-39H/b36-27-,38-29?. The van der Waals surface area contributed by atoms with Gasteiger partial charge in [0, 0.05) is 33.7 Å². The third kappa shape index (κ3) is 4.42. The molecule has 0 saturated heterocycles. The van der Waals surface area contributed by atoms with Gasteiger partial charge in [0.2, 0.25) is 0 Å². The van der Waals surface area contributed by atoms with Crippen molar-refractivity contribution in [2.75, 3.05) is 0 Å². The van der Waals surface area contributed by atoms with Gasteiger partial charge in [-0.1, -0.05) is 91.0 Å². The smallest absolute Gasteiger partial charge is 0.162 e. The molecule has 202 valence electrons. The summed E-state index contributed by atoms with van der Waals surface area (Å²) in [7, 11) is 0. The second-order valence-electron chi connectivity index (χ2n) is 10.4. The van der Waals surface area contributed by atoms with Crippen LogP contribution in [0, 0.1) is 5.41 Å². The lowest BCUT2D eigenvalue weighted by Gasteiger charge is -2.24. The van der Waals surface area contributed by atoms with Crippen LogP contribution in [0.2, 0.25) is 0 Å². The number of nitrogens with one attached hydrogen (secondary N) is 2. The van der Waals surface area contributed by atoms with Crippen LogP contribution in [0.3, 0.4) is 0 Å². The molecule has 0 amide bonds. The number of para-hydroxylation sites is 2. The Hall–Kier alpha value is -6.01. The van der Waals surface area contributed by atoms with Gasteiger partial charge in [-0.15, -0.1) is 0 Å². The van der Waals surface area contributed by atoms with Crippen LogP contribution >= 0.6 is 0 Å². The minimum absolute atomic E-state index is 0.460. The van der Waals surface area contributed by atoms with Crippen molar-refractivity contribution >= 4 is 38.8 Å². The van der Waals surface area contributed by atoms with Gasteiger partial charge in [-0.2, -0.15) is 0 Å². The topological polar surface area (TPSA) is 87.4 Å². The Kier molecular flexibility index (Phi) is 5.83. The lowest BCUT2D eigenvalue weighted by atomic mass is 9.90. The Morgan fingerprint density at radius 3 is 1.77 bits per heavy atom. The second-order valence-corrected chi connectivity index (χ2v) is 10.4. The van der Waals surface area contributed by atoms with Gasteiger partial charge in [0.05, 0.1) is 45.2 Å². The predicted octanol–water partition coefficient (Wildman–Crippen LogP) is 7.76. The number of benzene rings is 3. The van der Waals surface area contributed by atoms with Crippen molar-refractivity contribution in [2.45, 2.75) is 0 Å². The van der Waals surface area contributed by atoms with Gasteiger partial charge >= 0.3 is 0 Å². The number of hydrogen-bond acceptors (Lipinski definition) is 6. The summed E-state index contributed by atoms with van der Waals surface area (Å²) in [6.45, 7) is 0. The molecule has 0 radical (unpaired) electrons. The summed E-state index contributed by atoms with van der Waals surface area (Å²) in [6, 6.07) is 34.4. The highest BCUT2D eigenvalue weighted by Gasteiger charge is 2.24. The van der Waals surface area contributed by atoms with E-state index in [4.69, 9.17) is 25.3 Å². The van der Waals surface area contributed by atoms with E-state index in [0.717, 1.165) is 61.2 Å². The molecule has 3 aromatic heterocycles. The first-order valence-electron chi connectivity index (χ1n) is 14.1. The van der Waals surface area contributed by atoms with Crippen molar-refractivity contribution in [3.05, 3.63) is 156 Å². The molecule has 4 heterocycles. The molecule has 6 nitrogen and oxygen atoms in total. The fraction of sp³-hybridized carbons (Fsp3) is 0. The molecule has 0 saturated carbocycles. The van der Waals surface area contributed by atoms with Crippen LogP contribution < -0.4 is 5.32 Å². The van der Waals surface area contributed by atoms with Crippen LogP contribution in [0.25, 0.3) is 55.9 Å². The number of aromatic nitrogens is 4. The van der Waals surface area contributed by atoms with Crippen LogP contribution in [-0.4, -0.2) is 25.6 Å². The Morgan fingerprint density at radius 1 is 0.535 bits per heavy atom. The summed E-state index contributed by atoms with van der Waals surface area (Å²) < 4.78 is 0. The van der Waals surface area contributed by atoms with Gasteiger partial charge in [-0.3, -0.25) is 0 Å². The Labute approximate surface area is 248 Å². The zero-order chi connectivity index (χ0) is 28.8. The molecule has 3 aromatic carbocycles. The molecule has 2 N–H and O–H groups in total. The van der Waals surface area contributed by atoms with Gasteiger partial charge in [0.1, 0.15) is 0 Å². The third-order valence-corrected chi connectivity index (χ3v) is 7.73. The third-order valence-electron chi connectivity index (χ3n) is 7.73. The number of rotatable bonds is 3. The SMILES string of the molecule is N=C1C=CC=C/C1=C1/NC=C(c2nc(-c3ccc4ccccc4n3)cc(-c3ccc4ccccc4n3)n2)c2ccccc21. The Morgan fingerprint density at radius 2 is 1.12 bits per heavy atom. The van der Waals surface area contributed by atoms with Crippen molar-refractivity contribution in [1.29, 1.82) is 5.41 Å². The van der Waals surface area contributed by atoms with Crippen LogP contribution in [0.4, 0.5) is 0 Å². The fourth-order valence-electron chi connectivity index (χ4n) is 5.59. The first-order valence-corrected chi connectivity index (χ1v) is 14.1. The summed E-state index contributed by atoms with van der Waals surface area (Å²) in [5.41, 5.74) is 9.77. The van der Waals surface area contributed by atoms with Gasteiger partial charge in [0.25, 0.3) is 0 Å². The molecular weight excluding hydrogens is 528 g/mol. The maximum absolute atomic E-state index is 8.50. The number of hydrogen-bond donors (Lipinski definition) is 2. The van der Waals surface area contributed by atoms with Crippen LogP contribution in [0.1, 0.15) is 17.0 Å². The lowest BCUT2D eigenvalue weighted by molar-refractivity contribution is 1.08. The van der Waals surface area contributed by atoms with Crippen LogP contribution in [-0.2, 0) is 0 Å². The molecular formula is C37H24N6. The van der Waals surface area contributed by atoms with Gasteiger partial charge < -0.3 is 10.7 Å². The first-order chi connectivity index (χ1) is 21.2.